The fourth-order valence-corrected chi connectivity index (χ4v) is 2.39. The van der Waals surface area contributed by atoms with E-state index in [0.29, 0.717) is 5.02 Å². The zero-order chi connectivity index (χ0) is 13.9. The average Bonchev–Trinajstić information content (AvgIpc) is 2.42. The molecule has 1 unspecified atom stereocenters. The highest BCUT2D eigenvalue weighted by Gasteiger charge is 2.26. The zero-order valence-electron chi connectivity index (χ0n) is 10.5. The van der Waals surface area contributed by atoms with Gasteiger partial charge in [-0.25, -0.2) is 0 Å². The second-order valence-corrected chi connectivity index (χ2v) is 5.89. The van der Waals surface area contributed by atoms with Crippen molar-refractivity contribution in [1.29, 1.82) is 0 Å². The van der Waals surface area contributed by atoms with Crippen LogP contribution in [0.25, 0.3) is 0 Å². The summed E-state index contributed by atoms with van der Waals surface area (Å²) in [5.74, 6) is 0. The first kappa shape index (κ1) is 14.4. The molecule has 0 aliphatic heterocycles. The van der Waals surface area contributed by atoms with E-state index in [-0.39, 0.29) is 6.61 Å². The molecule has 0 saturated heterocycles. The Balaban J connectivity index is 2.33. The predicted molar refractivity (Wildman–Crippen MR) is 83.7 cm³/mol. The summed E-state index contributed by atoms with van der Waals surface area (Å²) in [5, 5.41) is 13.8. The Morgan fingerprint density at radius 3 is 2.37 bits per heavy atom. The fraction of sp³-hybridized carbons (Fsp3) is 0.200. The van der Waals surface area contributed by atoms with Crippen LogP contribution in [-0.4, -0.2) is 11.7 Å². The number of halogens is 2. The third-order valence-corrected chi connectivity index (χ3v) is 4.03. The van der Waals surface area contributed by atoms with Crippen molar-refractivity contribution in [1.82, 2.24) is 0 Å². The van der Waals surface area contributed by atoms with Crippen molar-refractivity contribution in [3.8, 4) is 0 Å². The minimum Gasteiger partial charge on any atom is -0.394 e. The van der Waals surface area contributed by atoms with Crippen molar-refractivity contribution in [3.63, 3.8) is 0 Å². The molecule has 0 fully saturated rings. The molecule has 0 spiro atoms. The van der Waals surface area contributed by atoms with Crippen LogP contribution in [0, 0.1) is 0 Å². The van der Waals surface area contributed by atoms with Gasteiger partial charge in [-0.1, -0.05) is 35.9 Å². The lowest BCUT2D eigenvalue weighted by Crippen LogP contribution is -2.35. The Hall–Kier alpha value is -1.03. The van der Waals surface area contributed by atoms with E-state index in [1.165, 1.54) is 0 Å². The number of hydrogen-bond donors (Lipinski definition) is 2. The number of rotatable bonds is 4. The predicted octanol–water partition coefficient (Wildman–Crippen LogP) is 4.42. The van der Waals surface area contributed by atoms with Gasteiger partial charge in [0.15, 0.2) is 0 Å². The van der Waals surface area contributed by atoms with E-state index in [9.17, 15) is 5.11 Å². The maximum atomic E-state index is 9.75. The Labute approximate surface area is 126 Å². The second kappa shape index (κ2) is 5.95. The van der Waals surface area contributed by atoms with Crippen molar-refractivity contribution < 1.29 is 5.11 Å². The Morgan fingerprint density at radius 1 is 1.16 bits per heavy atom. The molecule has 0 aromatic heterocycles. The molecule has 2 aromatic rings. The highest BCUT2D eigenvalue weighted by Crippen LogP contribution is 2.30. The summed E-state index contributed by atoms with van der Waals surface area (Å²) >= 11 is 9.40. The molecule has 19 heavy (non-hydrogen) atoms. The van der Waals surface area contributed by atoms with E-state index in [4.69, 9.17) is 11.6 Å². The Bertz CT molecular complexity index is 558. The zero-order valence-corrected chi connectivity index (χ0v) is 12.9. The van der Waals surface area contributed by atoms with Gasteiger partial charge in [0.2, 0.25) is 0 Å². The number of para-hydroxylation sites is 1. The molecule has 2 rings (SSSR count). The fourth-order valence-electron chi connectivity index (χ4n) is 1.88. The number of nitrogens with one attached hydrogen (secondary N) is 1. The van der Waals surface area contributed by atoms with Crippen molar-refractivity contribution >= 4 is 33.2 Å². The van der Waals surface area contributed by atoms with Crippen LogP contribution in [0.3, 0.4) is 0 Å². The van der Waals surface area contributed by atoms with Crippen LogP contribution < -0.4 is 5.32 Å². The van der Waals surface area contributed by atoms with E-state index >= 15 is 0 Å². The lowest BCUT2D eigenvalue weighted by atomic mass is 9.92. The molecule has 2 N–H and O–H groups in total. The molecule has 0 heterocycles. The van der Waals surface area contributed by atoms with Gasteiger partial charge >= 0.3 is 0 Å². The minimum atomic E-state index is -0.561. The summed E-state index contributed by atoms with van der Waals surface area (Å²) in [4.78, 5) is 0. The molecule has 0 saturated carbocycles. The van der Waals surface area contributed by atoms with E-state index in [2.05, 4.69) is 21.2 Å². The van der Waals surface area contributed by atoms with Crippen LogP contribution in [0.4, 0.5) is 5.69 Å². The molecule has 0 aliphatic rings. The number of hydrogen-bond acceptors (Lipinski definition) is 2. The van der Waals surface area contributed by atoms with Crippen LogP contribution in [0.1, 0.15) is 12.5 Å². The number of anilines is 1. The van der Waals surface area contributed by atoms with Gasteiger partial charge in [-0.3, -0.25) is 0 Å². The van der Waals surface area contributed by atoms with E-state index < -0.39 is 5.54 Å². The van der Waals surface area contributed by atoms with E-state index in [1.54, 1.807) is 0 Å². The van der Waals surface area contributed by atoms with Gasteiger partial charge in [-0.05, 0) is 52.7 Å². The van der Waals surface area contributed by atoms with Crippen molar-refractivity contribution in [2.24, 2.45) is 0 Å². The summed E-state index contributed by atoms with van der Waals surface area (Å²) in [6.45, 7) is 1.94. The largest absolute Gasteiger partial charge is 0.394 e. The quantitative estimate of drug-likeness (QED) is 0.863. The number of benzene rings is 2. The van der Waals surface area contributed by atoms with Gasteiger partial charge < -0.3 is 10.4 Å². The lowest BCUT2D eigenvalue weighted by molar-refractivity contribution is 0.224. The van der Waals surface area contributed by atoms with Gasteiger partial charge in [0, 0.05) is 15.2 Å². The standard InChI is InChI=1S/C15H15BrClNO/c1-15(10-19,11-6-8-12(17)9-7-11)18-14-5-3-2-4-13(14)16/h2-9,18-19H,10H2,1H3. The Morgan fingerprint density at radius 2 is 1.79 bits per heavy atom. The summed E-state index contributed by atoms with van der Waals surface area (Å²) in [7, 11) is 0. The molecule has 1 atom stereocenters. The van der Waals surface area contributed by atoms with Crippen LogP contribution in [0.2, 0.25) is 5.02 Å². The van der Waals surface area contributed by atoms with Gasteiger partial charge in [-0.2, -0.15) is 0 Å². The van der Waals surface area contributed by atoms with Crippen LogP contribution in [0.5, 0.6) is 0 Å². The highest BCUT2D eigenvalue weighted by molar-refractivity contribution is 9.10. The SMILES string of the molecule is CC(CO)(Nc1ccccc1Br)c1ccc(Cl)cc1. The Kier molecular flexibility index (Phi) is 4.50. The topological polar surface area (TPSA) is 32.3 Å². The lowest BCUT2D eigenvalue weighted by Gasteiger charge is -2.31. The minimum absolute atomic E-state index is 0.0179. The molecular formula is C15H15BrClNO. The highest BCUT2D eigenvalue weighted by atomic mass is 79.9. The molecule has 2 nitrogen and oxygen atoms in total. The second-order valence-electron chi connectivity index (χ2n) is 4.60. The molecular weight excluding hydrogens is 326 g/mol. The molecule has 0 amide bonds. The van der Waals surface area contributed by atoms with Crippen molar-refractivity contribution in [3.05, 3.63) is 63.6 Å². The molecule has 100 valence electrons. The first-order valence-electron chi connectivity index (χ1n) is 5.95. The van der Waals surface area contributed by atoms with Crippen LogP contribution in [0.15, 0.2) is 53.0 Å². The van der Waals surface area contributed by atoms with E-state index in [1.807, 2.05) is 55.5 Å². The van der Waals surface area contributed by atoms with Crippen LogP contribution >= 0.6 is 27.5 Å². The molecule has 0 aliphatic carbocycles. The van der Waals surface area contributed by atoms with Gasteiger partial charge in [0.25, 0.3) is 0 Å². The monoisotopic (exact) mass is 339 g/mol. The number of aliphatic hydroxyl groups excluding tert-OH is 1. The smallest absolute Gasteiger partial charge is 0.0828 e. The van der Waals surface area contributed by atoms with Crippen LogP contribution in [-0.2, 0) is 5.54 Å². The number of aliphatic hydroxyl groups is 1. The normalized spacial score (nSPS) is 13.9. The molecule has 0 bridgehead atoms. The molecule has 0 radical (unpaired) electrons. The van der Waals surface area contributed by atoms with Crippen molar-refractivity contribution in [2.75, 3.05) is 11.9 Å². The molecule has 2 aromatic carbocycles. The first-order valence-corrected chi connectivity index (χ1v) is 7.12. The average molecular weight is 341 g/mol. The summed E-state index contributed by atoms with van der Waals surface area (Å²) < 4.78 is 0.962. The third-order valence-electron chi connectivity index (χ3n) is 3.08. The van der Waals surface area contributed by atoms with Crippen molar-refractivity contribution in [2.45, 2.75) is 12.5 Å². The maximum absolute atomic E-state index is 9.75. The first-order chi connectivity index (χ1) is 9.05. The molecule has 4 heteroatoms. The summed E-state index contributed by atoms with van der Waals surface area (Å²) in [5.41, 5.74) is 1.36. The third kappa shape index (κ3) is 3.30. The summed E-state index contributed by atoms with van der Waals surface area (Å²) in [6, 6.07) is 15.3. The van der Waals surface area contributed by atoms with Gasteiger partial charge in [0.1, 0.15) is 0 Å². The van der Waals surface area contributed by atoms with E-state index in [0.717, 1.165) is 15.7 Å². The maximum Gasteiger partial charge on any atom is 0.0828 e. The van der Waals surface area contributed by atoms with Gasteiger partial charge in [-0.15, -0.1) is 0 Å². The van der Waals surface area contributed by atoms with Gasteiger partial charge in [0.05, 0.1) is 12.1 Å². The summed E-state index contributed by atoms with van der Waals surface area (Å²) in [6.07, 6.45) is 0.